The van der Waals surface area contributed by atoms with Crippen LogP contribution in [0, 0.1) is 0 Å². The maximum absolute atomic E-state index is 12.5. The van der Waals surface area contributed by atoms with Crippen LogP contribution in [-0.2, 0) is 22.6 Å². The van der Waals surface area contributed by atoms with Crippen molar-refractivity contribution < 1.29 is 14.4 Å². The van der Waals surface area contributed by atoms with Crippen LogP contribution in [0.3, 0.4) is 0 Å². The third kappa shape index (κ3) is 4.06. The van der Waals surface area contributed by atoms with Gasteiger partial charge in [-0.2, -0.15) is 11.3 Å². The quantitative estimate of drug-likeness (QED) is 0.803. The van der Waals surface area contributed by atoms with E-state index in [-0.39, 0.29) is 18.4 Å². The molecule has 7 heteroatoms. The Hall–Kier alpha value is -2.67. The van der Waals surface area contributed by atoms with Crippen LogP contribution in [0.4, 0.5) is 4.79 Å². The minimum absolute atomic E-state index is 0.239. The highest BCUT2D eigenvalue weighted by atomic mass is 32.1. The van der Waals surface area contributed by atoms with E-state index in [0.717, 1.165) is 16.0 Å². The number of nitrogens with zero attached hydrogens (tertiary/aromatic N) is 2. The molecule has 1 aliphatic heterocycles. The minimum atomic E-state index is -0.620. The number of nitrogens with one attached hydrogen (secondary N) is 1. The molecule has 3 rings (SSSR count). The van der Waals surface area contributed by atoms with E-state index in [1.165, 1.54) is 4.90 Å². The molecular formula is C18H19N3O3S. The molecule has 1 aromatic carbocycles. The zero-order valence-corrected chi connectivity index (χ0v) is 14.7. The number of carbonyl (C=O) groups excluding carboxylic acids is 3. The third-order valence-corrected chi connectivity index (χ3v) is 4.84. The molecule has 1 fully saturated rings. The highest BCUT2D eigenvalue weighted by molar-refractivity contribution is 7.07. The molecule has 1 N–H and O–H groups in total. The fourth-order valence-electron chi connectivity index (χ4n) is 2.72. The number of imide groups is 1. The van der Waals surface area contributed by atoms with E-state index in [2.05, 4.69) is 5.32 Å². The summed E-state index contributed by atoms with van der Waals surface area (Å²) in [5, 5.41) is 6.57. The predicted molar refractivity (Wildman–Crippen MR) is 95.0 cm³/mol. The maximum atomic E-state index is 12.5. The number of hydrogen-bond acceptors (Lipinski definition) is 4. The Balaban J connectivity index is 1.59. The molecule has 0 saturated carbocycles. The Morgan fingerprint density at radius 2 is 1.96 bits per heavy atom. The molecule has 25 heavy (non-hydrogen) atoms. The molecule has 0 radical (unpaired) electrons. The van der Waals surface area contributed by atoms with Gasteiger partial charge in [0.2, 0.25) is 5.91 Å². The Bertz CT molecular complexity index is 761. The van der Waals surface area contributed by atoms with Crippen molar-refractivity contribution in [3.63, 3.8) is 0 Å². The van der Waals surface area contributed by atoms with Gasteiger partial charge in [-0.1, -0.05) is 30.3 Å². The highest BCUT2D eigenvalue weighted by Gasteiger charge is 2.39. The number of thiophene rings is 1. The molecule has 0 aliphatic carbocycles. The van der Waals surface area contributed by atoms with E-state index in [9.17, 15) is 14.4 Å². The zero-order chi connectivity index (χ0) is 17.8. The van der Waals surface area contributed by atoms with Gasteiger partial charge < -0.3 is 10.2 Å². The second-order valence-corrected chi connectivity index (χ2v) is 6.78. The Morgan fingerprint density at radius 3 is 2.64 bits per heavy atom. The molecule has 0 bridgehead atoms. The summed E-state index contributed by atoms with van der Waals surface area (Å²) in [7, 11) is 1.67. The van der Waals surface area contributed by atoms with Crippen LogP contribution in [0.2, 0.25) is 0 Å². The molecular weight excluding hydrogens is 338 g/mol. The first-order valence-electron chi connectivity index (χ1n) is 7.95. The van der Waals surface area contributed by atoms with E-state index in [4.69, 9.17) is 0 Å². The fourth-order valence-corrected chi connectivity index (χ4v) is 3.38. The van der Waals surface area contributed by atoms with Crippen LogP contribution in [0.25, 0.3) is 0 Å². The van der Waals surface area contributed by atoms with Crippen molar-refractivity contribution in [1.29, 1.82) is 0 Å². The lowest BCUT2D eigenvalue weighted by molar-refractivity contribution is -0.136. The monoisotopic (exact) mass is 357 g/mol. The molecule has 0 unspecified atom stereocenters. The predicted octanol–water partition coefficient (Wildman–Crippen LogP) is 1.87. The smallest absolute Gasteiger partial charge is 0.325 e. The van der Waals surface area contributed by atoms with E-state index < -0.39 is 12.1 Å². The largest absolute Gasteiger partial charge is 0.340 e. The SMILES string of the molecule is CN(Cc1ccsc1)C(=O)CN1C(=O)N[C@@H](Cc2ccccc2)C1=O. The van der Waals surface area contributed by atoms with Gasteiger partial charge in [0.1, 0.15) is 12.6 Å². The molecule has 4 amide bonds. The van der Waals surface area contributed by atoms with Crippen molar-refractivity contribution in [2.45, 2.75) is 19.0 Å². The van der Waals surface area contributed by atoms with Crippen molar-refractivity contribution >= 4 is 29.2 Å². The van der Waals surface area contributed by atoms with Crippen molar-refractivity contribution in [3.8, 4) is 0 Å². The summed E-state index contributed by atoms with van der Waals surface area (Å²) >= 11 is 1.56. The number of benzene rings is 1. The summed E-state index contributed by atoms with van der Waals surface area (Å²) in [5.41, 5.74) is 1.99. The number of carbonyl (C=O) groups is 3. The van der Waals surface area contributed by atoms with Crippen LogP contribution in [0.5, 0.6) is 0 Å². The van der Waals surface area contributed by atoms with E-state index in [1.54, 1.807) is 18.4 Å². The van der Waals surface area contributed by atoms with Crippen molar-refractivity contribution in [2.75, 3.05) is 13.6 Å². The fraction of sp³-hybridized carbons (Fsp3) is 0.278. The van der Waals surface area contributed by atoms with Crippen LogP contribution < -0.4 is 5.32 Å². The maximum Gasteiger partial charge on any atom is 0.325 e. The van der Waals surface area contributed by atoms with Gasteiger partial charge in [-0.05, 0) is 28.0 Å². The summed E-state index contributed by atoms with van der Waals surface area (Å²) in [5.74, 6) is -0.624. The summed E-state index contributed by atoms with van der Waals surface area (Å²) in [6, 6.07) is 10.3. The topological polar surface area (TPSA) is 69.7 Å². The molecule has 1 saturated heterocycles. The first-order valence-corrected chi connectivity index (χ1v) is 8.89. The van der Waals surface area contributed by atoms with E-state index >= 15 is 0 Å². The lowest BCUT2D eigenvalue weighted by atomic mass is 10.1. The standard InChI is InChI=1S/C18H19N3O3S/c1-20(10-14-7-8-25-12-14)16(22)11-21-17(23)15(19-18(21)24)9-13-5-3-2-4-6-13/h2-8,12,15H,9-11H2,1H3,(H,19,24)/t15-/m0/s1. The second-order valence-electron chi connectivity index (χ2n) is 6.00. The zero-order valence-electron chi connectivity index (χ0n) is 13.8. The molecule has 2 aromatic rings. The van der Waals surface area contributed by atoms with Gasteiger partial charge in [0.25, 0.3) is 5.91 Å². The Morgan fingerprint density at radius 1 is 1.20 bits per heavy atom. The van der Waals surface area contributed by atoms with Crippen LogP contribution in [-0.4, -0.2) is 47.3 Å². The Kier molecular flexibility index (Phi) is 5.14. The van der Waals surface area contributed by atoms with Crippen molar-refractivity contribution in [1.82, 2.24) is 15.1 Å². The van der Waals surface area contributed by atoms with E-state index in [1.807, 2.05) is 47.2 Å². The number of urea groups is 1. The van der Waals surface area contributed by atoms with Crippen molar-refractivity contribution in [3.05, 3.63) is 58.3 Å². The lowest BCUT2D eigenvalue weighted by Gasteiger charge is -2.19. The van der Waals surface area contributed by atoms with Gasteiger partial charge in [0, 0.05) is 20.0 Å². The number of amides is 4. The summed E-state index contributed by atoms with van der Waals surface area (Å²) in [6.45, 7) is 0.218. The van der Waals surface area contributed by atoms with Crippen LogP contribution >= 0.6 is 11.3 Å². The number of hydrogen-bond donors (Lipinski definition) is 1. The third-order valence-electron chi connectivity index (χ3n) is 4.11. The van der Waals surface area contributed by atoms with Gasteiger partial charge in [-0.15, -0.1) is 0 Å². The lowest BCUT2D eigenvalue weighted by Crippen LogP contribution is -2.41. The van der Waals surface area contributed by atoms with Gasteiger partial charge in [0.05, 0.1) is 0 Å². The van der Waals surface area contributed by atoms with Gasteiger partial charge in [0.15, 0.2) is 0 Å². The molecule has 130 valence electrons. The average molecular weight is 357 g/mol. The molecule has 1 aliphatic rings. The van der Waals surface area contributed by atoms with Crippen LogP contribution in [0.1, 0.15) is 11.1 Å². The Labute approximate surface area is 150 Å². The van der Waals surface area contributed by atoms with Gasteiger partial charge >= 0.3 is 6.03 Å². The summed E-state index contributed by atoms with van der Waals surface area (Å²) in [4.78, 5) is 39.4. The van der Waals surface area contributed by atoms with Gasteiger partial charge in [-0.25, -0.2) is 4.79 Å². The molecule has 0 spiro atoms. The van der Waals surface area contributed by atoms with E-state index in [0.29, 0.717) is 13.0 Å². The molecule has 1 atom stereocenters. The minimum Gasteiger partial charge on any atom is -0.340 e. The van der Waals surface area contributed by atoms with Crippen LogP contribution in [0.15, 0.2) is 47.2 Å². The highest BCUT2D eigenvalue weighted by Crippen LogP contribution is 2.13. The molecule has 1 aromatic heterocycles. The number of likely N-dealkylation sites (N-methyl/N-ethyl adjacent to an activating group) is 1. The summed E-state index contributed by atoms with van der Waals surface area (Å²) < 4.78 is 0. The van der Waals surface area contributed by atoms with Crippen molar-refractivity contribution in [2.24, 2.45) is 0 Å². The first kappa shape index (κ1) is 17.2. The molecule has 6 nitrogen and oxygen atoms in total. The summed E-state index contributed by atoms with van der Waals surface area (Å²) in [6.07, 6.45) is 0.418. The second kappa shape index (κ2) is 7.48. The van der Waals surface area contributed by atoms with Gasteiger partial charge in [-0.3, -0.25) is 14.5 Å². The first-order chi connectivity index (χ1) is 12.0. The molecule has 2 heterocycles. The number of rotatable bonds is 6. The normalized spacial score (nSPS) is 16.8. The average Bonchev–Trinajstić information content (AvgIpc) is 3.20.